The van der Waals surface area contributed by atoms with Gasteiger partial charge in [0.05, 0.1) is 19.0 Å². The minimum absolute atomic E-state index is 0.0595. The maximum Gasteiger partial charge on any atom is 0.166 e. The molecule has 0 aliphatic rings. The fourth-order valence-corrected chi connectivity index (χ4v) is 1.99. The first kappa shape index (κ1) is 13.4. The first-order chi connectivity index (χ1) is 9.20. The number of hydrogen-bond donors (Lipinski definition) is 2. The van der Waals surface area contributed by atoms with E-state index in [1.807, 2.05) is 30.3 Å². The highest BCUT2D eigenvalue weighted by atomic mass is 79.9. The second-order valence-corrected chi connectivity index (χ2v) is 4.70. The van der Waals surface area contributed by atoms with Crippen LogP contribution < -0.4 is 10.2 Å². The fourth-order valence-electron chi connectivity index (χ4n) is 1.54. The molecule has 2 rings (SSSR count). The molecular weight excluding hydrogens is 308 g/mol. The first-order valence-corrected chi connectivity index (χ1v) is 6.40. The van der Waals surface area contributed by atoms with Crippen LogP contribution >= 0.6 is 15.9 Å². The van der Waals surface area contributed by atoms with Gasteiger partial charge >= 0.3 is 0 Å². The Morgan fingerprint density at radius 1 is 1.26 bits per heavy atom. The van der Waals surface area contributed by atoms with Crippen LogP contribution in [0.2, 0.25) is 0 Å². The fraction of sp³-hybridized carbons (Fsp3) is 0.0714. The maximum atomic E-state index is 9.95. The topological polar surface area (TPSA) is 53.8 Å². The van der Waals surface area contributed by atoms with Crippen LogP contribution in [0.15, 0.2) is 52.0 Å². The normalized spacial score (nSPS) is 10.6. The predicted molar refractivity (Wildman–Crippen MR) is 80.0 cm³/mol. The van der Waals surface area contributed by atoms with Crippen molar-refractivity contribution in [3.8, 4) is 11.5 Å². The van der Waals surface area contributed by atoms with Gasteiger partial charge in [-0.25, -0.2) is 0 Å². The second kappa shape index (κ2) is 6.24. The van der Waals surface area contributed by atoms with Gasteiger partial charge in [0.15, 0.2) is 11.5 Å². The van der Waals surface area contributed by atoms with Crippen molar-refractivity contribution in [1.29, 1.82) is 0 Å². The molecule has 0 aliphatic carbocycles. The molecule has 0 fully saturated rings. The number of hydrogen-bond acceptors (Lipinski definition) is 4. The zero-order chi connectivity index (χ0) is 13.7. The molecule has 0 aliphatic heterocycles. The van der Waals surface area contributed by atoms with Crippen LogP contribution in [0.5, 0.6) is 11.5 Å². The number of nitrogens with one attached hydrogen (secondary N) is 1. The van der Waals surface area contributed by atoms with Gasteiger partial charge in [-0.05, 0) is 24.3 Å². The molecule has 2 aromatic carbocycles. The Morgan fingerprint density at radius 3 is 2.68 bits per heavy atom. The number of ether oxygens (including phenoxy) is 1. The molecule has 19 heavy (non-hydrogen) atoms. The molecule has 0 spiro atoms. The number of hydrazone groups is 1. The van der Waals surface area contributed by atoms with E-state index < -0.39 is 0 Å². The number of benzene rings is 2. The molecular formula is C14H13BrN2O2. The van der Waals surface area contributed by atoms with Crippen molar-refractivity contribution in [2.24, 2.45) is 5.10 Å². The van der Waals surface area contributed by atoms with Gasteiger partial charge in [-0.3, -0.25) is 5.43 Å². The summed E-state index contributed by atoms with van der Waals surface area (Å²) in [7, 11) is 1.50. The lowest BCUT2D eigenvalue weighted by molar-refractivity contribution is 0.373. The lowest BCUT2D eigenvalue weighted by Crippen LogP contribution is -1.93. The van der Waals surface area contributed by atoms with Crippen LogP contribution in [0.1, 0.15) is 5.56 Å². The molecule has 0 bridgehead atoms. The molecule has 2 N–H and O–H groups in total. The number of methoxy groups -OCH3 is 1. The Balaban J connectivity index is 2.17. The highest BCUT2D eigenvalue weighted by Crippen LogP contribution is 2.32. The van der Waals surface area contributed by atoms with Gasteiger partial charge in [0.2, 0.25) is 0 Å². The Hall–Kier alpha value is -2.01. The molecule has 98 valence electrons. The number of halogens is 1. The summed E-state index contributed by atoms with van der Waals surface area (Å²) >= 11 is 3.35. The summed E-state index contributed by atoms with van der Waals surface area (Å²) in [6.07, 6.45) is 1.54. The number of anilines is 1. The van der Waals surface area contributed by atoms with E-state index in [0.717, 1.165) is 10.2 Å². The molecule has 0 saturated carbocycles. The van der Waals surface area contributed by atoms with E-state index in [4.69, 9.17) is 4.74 Å². The van der Waals surface area contributed by atoms with Gasteiger partial charge in [0.1, 0.15) is 0 Å². The van der Waals surface area contributed by atoms with E-state index in [1.165, 1.54) is 13.3 Å². The summed E-state index contributed by atoms with van der Waals surface area (Å²) in [5.74, 6) is 0.458. The average Bonchev–Trinajstić information content (AvgIpc) is 2.43. The summed E-state index contributed by atoms with van der Waals surface area (Å²) in [6, 6.07) is 13.0. The average molecular weight is 321 g/mol. The molecule has 5 heteroatoms. The molecule has 0 aromatic heterocycles. The van der Waals surface area contributed by atoms with E-state index in [0.29, 0.717) is 11.3 Å². The maximum absolute atomic E-state index is 9.95. The van der Waals surface area contributed by atoms with Crippen molar-refractivity contribution in [3.63, 3.8) is 0 Å². The van der Waals surface area contributed by atoms with Gasteiger partial charge in [0.25, 0.3) is 0 Å². The summed E-state index contributed by atoms with van der Waals surface area (Å²) in [4.78, 5) is 0. The zero-order valence-electron chi connectivity index (χ0n) is 10.3. The van der Waals surface area contributed by atoms with Crippen molar-refractivity contribution in [2.45, 2.75) is 0 Å². The monoisotopic (exact) mass is 320 g/mol. The van der Waals surface area contributed by atoms with Gasteiger partial charge in [-0.1, -0.05) is 34.1 Å². The Labute approximate surface area is 119 Å². The SMILES string of the molecule is COc1cc(Br)cc(/C=N\Nc2ccccc2)c1O. The van der Waals surface area contributed by atoms with Crippen molar-refractivity contribution in [2.75, 3.05) is 12.5 Å². The number of nitrogens with zero attached hydrogens (tertiary/aromatic N) is 1. The van der Waals surface area contributed by atoms with Gasteiger partial charge in [-0.15, -0.1) is 0 Å². The van der Waals surface area contributed by atoms with E-state index in [2.05, 4.69) is 26.5 Å². The molecule has 4 nitrogen and oxygen atoms in total. The van der Waals surface area contributed by atoms with Gasteiger partial charge < -0.3 is 9.84 Å². The van der Waals surface area contributed by atoms with Crippen LogP contribution in [0.25, 0.3) is 0 Å². The van der Waals surface area contributed by atoms with Crippen LogP contribution in [-0.4, -0.2) is 18.4 Å². The standard InChI is InChI=1S/C14H13BrN2O2/c1-19-13-8-11(15)7-10(14(13)18)9-16-17-12-5-3-2-4-6-12/h2-9,17-18H,1H3/b16-9-. The molecule has 2 aromatic rings. The lowest BCUT2D eigenvalue weighted by atomic mass is 10.2. The third kappa shape index (κ3) is 3.48. The zero-order valence-corrected chi connectivity index (χ0v) is 11.9. The van der Waals surface area contributed by atoms with E-state index in [-0.39, 0.29) is 5.75 Å². The molecule has 0 heterocycles. The van der Waals surface area contributed by atoms with E-state index in [9.17, 15) is 5.11 Å². The number of phenols is 1. The van der Waals surface area contributed by atoms with E-state index in [1.54, 1.807) is 12.1 Å². The van der Waals surface area contributed by atoms with Crippen LogP contribution in [0.3, 0.4) is 0 Å². The largest absolute Gasteiger partial charge is 0.504 e. The molecule has 0 unspecified atom stereocenters. The molecule has 0 atom stereocenters. The minimum Gasteiger partial charge on any atom is -0.504 e. The minimum atomic E-state index is 0.0595. The van der Waals surface area contributed by atoms with Crippen molar-refractivity contribution in [3.05, 3.63) is 52.5 Å². The van der Waals surface area contributed by atoms with Crippen molar-refractivity contribution >= 4 is 27.8 Å². The van der Waals surface area contributed by atoms with Crippen LogP contribution in [-0.2, 0) is 0 Å². The number of para-hydroxylation sites is 1. The Morgan fingerprint density at radius 2 is 2.00 bits per heavy atom. The summed E-state index contributed by atoms with van der Waals surface area (Å²) in [5.41, 5.74) is 4.32. The number of rotatable bonds is 4. The number of aromatic hydroxyl groups is 1. The first-order valence-electron chi connectivity index (χ1n) is 5.61. The highest BCUT2D eigenvalue weighted by molar-refractivity contribution is 9.10. The lowest BCUT2D eigenvalue weighted by Gasteiger charge is -2.06. The summed E-state index contributed by atoms with van der Waals surface area (Å²) in [5, 5.41) is 14.0. The quantitative estimate of drug-likeness (QED) is 0.668. The number of phenolic OH excluding ortho intramolecular Hbond substituents is 1. The molecule has 0 saturated heterocycles. The Kier molecular flexibility index (Phi) is 4.41. The van der Waals surface area contributed by atoms with Gasteiger partial charge in [-0.2, -0.15) is 5.10 Å². The van der Waals surface area contributed by atoms with Crippen molar-refractivity contribution in [1.82, 2.24) is 0 Å². The third-order valence-electron chi connectivity index (χ3n) is 2.46. The predicted octanol–water partition coefficient (Wildman–Crippen LogP) is 3.61. The molecule has 0 amide bonds. The molecule has 0 radical (unpaired) electrons. The summed E-state index contributed by atoms with van der Waals surface area (Å²) in [6.45, 7) is 0. The summed E-state index contributed by atoms with van der Waals surface area (Å²) < 4.78 is 5.88. The third-order valence-corrected chi connectivity index (χ3v) is 2.92. The highest BCUT2D eigenvalue weighted by Gasteiger charge is 2.07. The smallest absolute Gasteiger partial charge is 0.166 e. The van der Waals surface area contributed by atoms with Gasteiger partial charge in [0, 0.05) is 10.0 Å². The van der Waals surface area contributed by atoms with Crippen LogP contribution in [0.4, 0.5) is 5.69 Å². The Bertz CT molecular complexity index is 585. The van der Waals surface area contributed by atoms with Crippen molar-refractivity contribution < 1.29 is 9.84 Å². The van der Waals surface area contributed by atoms with E-state index >= 15 is 0 Å². The van der Waals surface area contributed by atoms with Crippen LogP contribution in [0, 0.1) is 0 Å². The second-order valence-electron chi connectivity index (χ2n) is 3.78.